The summed E-state index contributed by atoms with van der Waals surface area (Å²) in [7, 11) is 0. The maximum Gasteiger partial charge on any atom is 0.155 e. The van der Waals surface area contributed by atoms with E-state index in [1.807, 2.05) is 6.08 Å². The van der Waals surface area contributed by atoms with E-state index in [0.29, 0.717) is 17.1 Å². The molecule has 0 aromatic heterocycles. The number of carbonyl (C=O) groups excluding carboxylic acids is 1. The van der Waals surface area contributed by atoms with Gasteiger partial charge in [0.15, 0.2) is 5.78 Å². The Labute approximate surface area is 134 Å². The minimum Gasteiger partial charge on any atom is -0.393 e. The Kier molecular flexibility index (Phi) is 3.35. The predicted molar refractivity (Wildman–Crippen MR) is 87.3 cm³/mol. The second-order valence-corrected chi connectivity index (χ2v) is 8.70. The maximum absolute atomic E-state index is 11.9. The van der Waals surface area contributed by atoms with E-state index in [2.05, 4.69) is 13.8 Å². The van der Waals surface area contributed by atoms with Gasteiger partial charge in [0.05, 0.1) is 6.10 Å². The molecule has 4 aliphatic rings. The third kappa shape index (κ3) is 1.79. The molecule has 22 heavy (non-hydrogen) atoms. The standard InChI is InChI=1S/C20H30O2/c1-3-20-11-8-14(21)12-13(20)4-5-15-16-6-7-18(22)19(16,2)10-9-17(15)20/h12,15-18,22H,3-11H2,1-2H3. The van der Waals surface area contributed by atoms with Gasteiger partial charge in [-0.2, -0.15) is 0 Å². The normalized spacial score (nSPS) is 50.9. The smallest absolute Gasteiger partial charge is 0.155 e. The van der Waals surface area contributed by atoms with Crippen molar-refractivity contribution in [3.8, 4) is 0 Å². The van der Waals surface area contributed by atoms with Gasteiger partial charge in [0, 0.05) is 6.42 Å². The number of aliphatic hydroxyl groups is 1. The zero-order valence-electron chi connectivity index (χ0n) is 14.1. The Morgan fingerprint density at radius 1 is 1.14 bits per heavy atom. The first-order valence-electron chi connectivity index (χ1n) is 9.43. The highest BCUT2D eigenvalue weighted by Crippen LogP contribution is 2.66. The van der Waals surface area contributed by atoms with Gasteiger partial charge < -0.3 is 5.11 Å². The number of ketones is 1. The van der Waals surface area contributed by atoms with Crippen LogP contribution in [0.3, 0.4) is 0 Å². The van der Waals surface area contributed by atoms with Crippen LogP contribution in [0.2, 0.25) is 0 Å². The Morgan fingerprint density at radius 2 is 1.95 bits per heavy atom. The number of carbonyl (C=O) groups is 1. The molecule has 2 nitrogen and oxygen atoms in total. The van der Waals surface area contributed by atoms with E-state index in [4.69, 9.17) is 0 Å². The van der Waals surface area contributed by atoms with E-state index in [9.17, 15) is 9.90 Å². The molecule has 3 saturated carbocycles. The van der Waals surface area contributed by atoms with Crippen LogP contribution in [-0.4, -0.2) is 17.0 Å². The molecule has 0 bridgehead atoms. The van der Waals surface area contributed by atoms with Gasteiger partial charge >= 0.3 is 0 Å². The third-order valence-corrected chi connectivity index (χ3v) is 8.27. The molecule has 2 heteroatoms. The molecule has 0 aromatic rings. The van der Waals surface area contributed by atoms with Crippen LogP contribution in [0.15, 0.2) is 11.6 Å². The Balaban J connectivity index is 1.71. The first-order chi connectivity index (χ1) is 10.5. The average molecular weight is 302 g/mol. The summed E-state index contributed by atoms with van der Waals surface area (Å²) in [6, 6.07) is 0. The minimum atomic E-state index is -0.0825. The molecule has 0 amide bonds. The van der Waals surface area contributed by atoms with Gasteiger partial charge in [-0.05, 0) is 86.0 Å². The van der Waals surface area contributed by atoms with Gasteiger partial charge in [-0.25, -0.2) is 0 Å². The molecular formula is C20H30O2. The van der Waals surface area contributed by atoms with E-state index >= 15 is 0 Å². The van der Waals surface area contributed by atoms with Gasteiger partial charge in [0.1, 0.15) is 0 Å². The highest BCUT2D eigenvalue weighted by Gasteiger charge is 2.59. The van der Waals surface area contributed by atoms with Gasteiger partial charge in [0.2, 0.25) is 0 Å². The van der Waals surface area contributed by atoms with Crippen molar-refractivity contribution in [2.24, 2.45) is 28.6 Å². The van der Waals surface area contributed by atoms with E-state index in [1.165, 1.54) is 37.7 Å². The first-order valence-corrected chi connectivity index (χ1v) is 9.43. The van der Waals surface area contributed by atoms with Crippen LogP contribution in [0.4, 0.5) is 0 Å². The zero-order valence-corrected chi connectivity index (χ0v) is 14.1. The summed E-state index contributed by atoms with van der Waals surface area (Å²) >= 11 is 0. The molecule has 122 valence electrons. The molecule has 6 unspecified atom stereocenters. The summed E-state index contributed by atoms with van der Waals surface area (Å²) in [5.74, 6) is 2.61. The van der Waals surface area contributed by atoms with Crippen molar-refractivity contribution in [2.75, 3.05) is 0 Å². The Hall–Kier alpha value is -0.630. The highest BCUT2D eigenvalue weighted by molar-refractivity contribution is 5.91. The molecule has 0 aromatic carbocycles. The fraction of sp³-hybridized carbons (Fsp3) is 0.850. The topological polar surface area (TPSA) is 37.3 Å². The summed E-state index contributed by atoms with van der Waals surface area (Å²) in [4.78, 5) is 11.9. The molecule has 0 aliphatic heterocycles. The second-order valence-electron chi connectivity index (χ2n) is 8.70. The van der Waals surface area contributed by atoms with Gasteiger partial charge in [-0.3, -0.25) is 4.79 Å². The van der Waals surface area contributed by atoms with Gasteiger partial charge in [0.25, 0.3) is 0 Å². The van der Waals surface area contributed by atoms with Crippen LogP contribution < -0.4 is 0 Å². The van der Waals surface area contributed by atoms with E-state index in [0.717, 1.165) is 37.5 Å². The van der Waals surface area contributed by atoms with Crippen molar-refractivity contribution >= 4 is 5.78 Å². The highest BCUT2D eigenvalue weighted by atomic mass is 16.3. The summed E-state index contributed by atoms with van der Waals surface area (Å²) in [5, 5.41) is 10.5. The maximum atomic E-state index is 11.9. The lowest BCUT2D eigenvalue weighted by Gasteiger charge is -2.58. The van der Waals surface area contributed by atoms with Crippen LogP contribution in [0, 0.1) is 28.6 Å². The Bertz CT molecular complexity index is 522. The molecule has 0 heterocycles. The van der Waals surface area contributed by atoms with Crippen LogP contribution >= 0.6 is 0 Å². The molecule has 0 saturated heterocycles. The fourth-order valence-electron chi connectivity index (χ4n) is 7.00. The largest absolute Gasteiger partial charge is 0.393 e. The fourth-order valence-corrected chi connectivity index (χ4v) is 7.00. The minimum absolute atomic E-state index is 0.0825. The van der Waals surface area contributed by atoms with Crippen molar-refractivity contribution in [3.05, 3.63) is 11.6 Å². The van der Waals surface area contributed by atoms with Crippen LogP contribution in [0.5, 0.6) is 0 Å². The lowest BCUT2D eigenvalue weighted by molar-refractivity contribution is -0.118. The molecule has 4 rings (SSSR count). The number of hydrogen-bond donors (Lipinski definition) is 1. The van der Waals surface area contributed by atoms with E-state index in [-0.39, 0.29) is 11.5 Å². The summed E-state index contributed by atoms with van der Waals surface area (Å²) < 4.78 is 0. The molecule has 3 fully saturated rings. The van der Waals surface area contributed by atoms with Crippen LogP contribution in [0.25, 0.3) is 0 Å². The molecular weight excluding hydrogens is 272 g/mol. The monoisotopic (exact) mass is 302 g/mol. The molecule has 0 radical (unpaired) electrons. The number of rotatable bonds is 1. The van der Waals surface area contributed by atoms with Crippen molar-refractivity contribution in [2.45, 2.75) is 77.7 Å². The van der Waals surface area contributed by atoms with Gasteiger partial charge in [-0.1, -0.05) is 19.4 Å². The van der Waals surface area contributed by atoms with E-state index in [1.54, 1.807) is 0 Å². The van der Waals surface area contributed by atoms with E-state index < -0.39 is 0 Å². The van der Waals surface area contributed by atoms with Crippen LogP contribution in [0.1, 0.15) is 71.6 Å². The summed E-state index contributed by atoms with van der Waals surface area (Å²) in [6.07, 6.45) is 12.0. The molecule has 4 aliphatic carbocycles. The molecule has 0 spiro atoms. The number of aliphatic hydroxyl groups excluding tert-OH is 1. The number of fused-ring (bicyclic) bond motifs is 5. The quantitative estimate of drug-likeness (QED) is 0.785. The third-order valence-electron chi connectivity index (χ3n) is 8.27. The number of allylic oxidation sites excluding steroid dienone is 1. The molecule has 6 atom stereocenters. The lowest BCUT2D eigenvalue weighted by Crippen LogP contribution is -2.52. The SMILES string of the molecule is CCC12CCC(=O)C=C1CCC1C2CCC2(C)C(O)CCC12. The van der Waals surface area contributed by atoms with Crippen LogP contribution in [-0.2, 0) is 4.79 Å². The van der Waals surface area contributed by atoms with Crippen molar-refractivity contribution in [1.29, 1.82) is 0 Å². The Morgan fingerprint density at radius 3 is 2.73 bits per heavy atom. The lowest BCUT2D eigenvalue weighted by atomic mass is 9.46. The van der Waals surface area contributed by atoms with Crippen molar-refractivity contribution in [1.82, 2.24) is 0 Å². The molecule has 1 N–H and O–H groups in total. The van der Waals surface area contributed by atoms with Crippen molar-refractivity contribution in [3.63, 3.8) is 0 Å². The predicted octanol–water partition coefficient (Wildman–Crippen LogP) is 4.27. The number of hydrogen-bond acceptors (Lipinski definition) is 2. The second kappa shape index (κ2) is 4.93. The summed E-state index contributed by atoms with van der Waals surface area (Å²) in [5.41, 5.74) is 1.96. The van der Waals surface area contributed by atoms with Gasteiger partial charge in [-0.15, -0.1) is 0 Å². The summed E-state index contributed by atoms with van der Waals surface area (Å²) in [6.45, 7) is 4.68. The van der Waals surface area contributed by atoms with Crippen molar-refractivity contribution < 1.29 is 9.90 Å². The average Bonchev–Trinajstić information content (AvgIpc) is 2.82. The zero-order chi connectivity index (χ0) is 15.5. The first kappa shape index (κ1) is 14.9.